The summed E-state index contributed by atoms with van der Waals surface area (Å²) in [5, 5.41) is 5.64. The van der Waals surface area contributed by atoms with Crippen molar-refractivity contribution in [2.24, 2.45) is 0 Å². The third-order valence-corrected chi connectivity index (χ3v) is 4.66. The second-order valence-corrected chi connectivity index (χ2v) is 7.72. The van der Waals surface area contributed by atoms with Gasteiger partial charge in [0.15, 0.2) is 0 Å². The van der Waals surface area contributed by atoms with Crippen LogP contribution in [0.15, 0.2) is 30.3 Å². The molecule has 0 aliphatic rings. The van der Waals surface area contributed by atoms with E-state index in [0.717, 1.165) is 12.0 Å². The van der Waals surface area contributed by atoms with Crippen LogP contribution in [0.4, 0.5) is 4.79 Å². The number of carbonyl (C=O) groups is 2. The summed E-state index contributed by atoms with van der Waals surface area (Å²) in [6.45, 7) is 1.12. The van der Waals surface area contributed by atoms with E-state index >= 15 is 0 Å². The van der Waals surface area contributed by atoms with E-state index in [1.807, 2.05) is 30.3 Å². The quantitative estimate of drug-likeness (QED) is 0.246. The van der Waals surface area contributed by atoms with E-state index < -0.39 is 11.6 Å². The molecule has 0 fully saturated rings. The molecular formula is C27H34N2O6. The molecule has 0 heterocycles. The summed E-state index contributed by atoms with van der Waals surface area (Å²) in [5.41, 5.74) is -0.0603. The van der Waals surface area contributed by atoms with Gasteiger partial charge in [-0.25, -0.2) is 4.79 Å². The minimum atomic E-state index is -0.980. The van der Waals surface area contributed by atoms with Crippen molar-refractivity contribution in [2.75, 3.05) is 46.2 Å². The van der Waals surface area contributed by atoms with Gasteiger partial charge in [-0.1, -0.05) is 54.5 Å². The molecule has 8 nitrogen and oxygen atoms in total. The number of rotatable bonds is 18. The fourth-order valence-corrected chi connectivity index (χ4v) is 3.06. The van der Waals surface area contributed by atoms with Crippen LogP contribution >= 0.6 is 0 Å². The molecule has 0 atom stereocenters. The first-order valence-electron chi connectivity index (χ1n) is 11.3. The Bertz CT molecular complexity index is 816. The molecule has 2 amide bonds. The SMILES string of the molecule is C#CCOCC(COCC#C)(COCC#C)NC(=O)CCCCCNC(=O)OCc1ccccc1. The van der Waals surface area contributed by atoms with Gasteiger partial charge in [-0.2, -0.15) is 0 Å². The molecule has 1 rings (SSSR count). The lowest BCUT2D eigenvalue weighted by Crippen LogP contribution is -2.58. The zero-order chi connectivity index (χ0) is 25.6. The third-order valence-electron chi connectivity index (χ3n) is 4.66. The standard InChI is InChI=1S/C27H34N2O6/c1-4-17-32-21-27(22-33-18-5-2,23-34-19-6-3)29-25(30)15-11-8-12-16-28-26(31)35-20-24-13-9-7-10-14-24/h1-3,7,9-10,13-14H,8,11-12,15-23H2,(H,28,31)(H,29,30). The normalized spacial score (nSPS) is 10.4. The van der Waals surface area contributed by atoms with Crippen molar-refractivity contribution in [3.8, 4) is 37.0 Å². The number of unbranched alkanes of at least 4 members (excludes halogenated alkanes) is 2. The van der Waals surface area contributed by atoms with Crippen LogP contribution in [-0.4, -0.2) is 63.7 Å². The Morgan fingerprint density at radius 2 is 1.40 bits per heavy atom. The van der Waals surface area contributed by atoms with Gasteiger partial charge in [0.2, 0.25) is 5.91 Å². The molecule has 1 aromatic rings. The molecule has 188 valence electrons. The van der Waals surface area contributed by atoms with Gasteiger partial charge in [-0.3, -0.25) is 4.79 Å². The first-order chi connectivity index (χ1) is 17.0. The van der Waals surface area contributed by atoms with Gasteiger partial charge >= 0.3 is 6.09 Å². The molecule has 0 bridgehead atoms. The summed E-state index contributed by atoms with van der Waals surface area (Å²) in [4.78, 5) is 24.4. The van der Waals surface area contributed by atoms with E-state index in [1.54, 1.807) is 0 Å². The molecule has 2 N–H and O–H groups in total. The average Bonchev–Trinajstić information content (AvgIpc) is 2.86. The largest absolute Gasteiger partial charge is 0.445 e. The molecule has 0 aromatic heterocycles. The van der Waals surface area contributed by atoms with Gasteiger partial charge in [0, 0.05) is 13.0 Å². The van der Waals surface area contributed by atoms with Gasteiger partial charge in [0.1, 0.15) is 32.0 Å². The van der Waals surface area contributed by atoms with Crippen LogP contribution in [0, 0.1) is 37.0 Å². The van der Waals surface area contributed by atoms with Gasteiger partial charge in [-0.05, 0) is 18.4 Å². The van der Waals surface area contributed by atoms with Crippen molar-refractivity contribution in [3.05, 3.63) is 35.9 Å². The number of nitrogens with one attached hydrogen (secondary N) is 2. The number of terminal acetylenes is 3. The number of benzene rings is 1. The number of amides is 2. The minimum absolute atomic E-state index is 0.0721. The molecule has 0 unspecified atom stereocenters. The van der Waals surface area contributed by atoms with E-state index in [2.05, 4.69) is 28.4 Å². The lowest BCUT2D eigenvalue weighted by Gasteiger charge is -2.33. The Balaban J connectivity index is 2.39. The topological polar surface area (TPSA) is 95.1 Å². The summed E-state index contributed by atoms with van der Waals surface area (Å²) >= 11 is 0. The number of carbonyl (C=O) groups excluding carboxylic acids is 2. The van der Waals surface area contributed by atoms with Crippen molar-refractivity contribution < 1.29 is 28.5 Å². The summed E-state index contributed by atoms with van der Waals surface area (Å²) in [6, 6.07) is 9.44. The fraction of sp³-hybridized carbons (Fsp3) is 0.481. The van der Waals surface area contributed by atoms with Crippen LogP contribution in [0.3, 0.4) is 0 Å². The van der Waals surface area contributed by atoms with E-state index in [0.29, 0.717) is 19.4 Å². The van der Waals surface area contributed by atoms with Crippen LogP contribution in [0.2, 0.25) is 0 Å². The van der Waals surface area contributed by atoms with Crippen LogP contribution in [0.5, 0.6) is 0 Å². The van der Waals surface area contributed by atoms with Crippen LogP contribution in [0.25, 0.3) is 0 Å². The van der Waals surface area contributed by atoms with Crippen LogP contribution < -0.4 is 10.6 Å². The summed E-state index contributed by atoms with van der Waals surface area (Å²) in [6.07, 6.45) is 17.7. The zero-order valence-electron chi connectivity index (χ0n) is 20.1. The molecule has 0 spiro atoms. The molecule has 0 aliphatic carbocycles. The first-order valence-corrected chi connectivity index (χ1v) is 11.3. The van der Waals surface area contributed by atoms with Crippen LogP contribution in [-0.2, 0) is 30.3 Å². The van der Waals surface area contributed by atoms with Gasteiger partial charge < -0.3 is 29.6 Å². The van der Waals surface area contributed by atoms with Crippen molar-refractivity contribution in [3.63, 3.8) is 0 Å². The zero-order valence-corrected chi connectivity index (χ0v) is 20.1. The Hall–Kier alpha value is -3.48. The second kappa shape index (κ2) is 18.9. The van der Waals surface area contributed by atoms with Gasteiger partial charge in [0.05, 0.1) is 19.8 Å². The monoisotopic (exact) mass is 482 g/mol. The highest BCUT2D eigenvalue weighted by atomic mass is 16.5. The Labute approximate surface area is 208 Å². The maximum Gasteiger partial charge on any atom is 0.407 e. The lowest BCUT2D eigenvalue weighted by atomic mass is 10.0. The predicted molar refractivity (Wildman–Crippen MR) is 133 cm³/mol. The summed E-state index contributed by atoms with van der Waals surface area (Å²) in [5.74, 6) is 6.96. The van der Waals surface area contributed by atoms with Crippen molar-refractivity contribution in [2.45, 2.75) is 37.8 Å². The summed E-state index contributed by atoms with van der Waals surface area (Å²) in [7, 11) is 0. The summed E-state index contributed by atoms with van der Waals surface area (Å²) < 4.78 is 21.6. The Morgan fingerprint density at radius 3 is 1.94 bits per heavy atom. The third kappa shape index (κ3) is 14.4. The van der Waals surface area contributed by atoms with E-state index in [1.165, 1.54) is 0 Å². The van der Waals surface area contributed by atoms with Crippen molar-refractivity contribution in [1.29, 1.82) is 0 Å². The predicted octanol–water partition coefficient (Wildman–Crippen LogP) is 2.28. The van der Waals surface area contributed by atoms with Crippen LogP contribution in [0.1, 0.15) is 31.2 Å². The number of hydrogen-bond donors (Lipinski definition) is 2. The molecule has 8 heteroatoms. The second-order valence-electron chi connectivity index (χ2n) is 7.72. The Kier molecular flexibility index (Phi) is 16.0. The highest BCUT2D eigenvalue weighted by Gasteiger charge is 2.33. The molecule has 0 radical (unpaired) electrons. The number of hydrogen-bond acceptors (Lipinski definition) is 6. The fourth-order valence-electron chi connectivity index (χ4n) is 3.06. The molecule has 0 saturated heterocycles. The van der Waals surface area contributed by atoms with E-state index in [-0.39, 0.29) is 58.6 Å². The van der Waals surface area contributed by atoms with Gasteiger partial charge in [0.25, 0.3) is 0 Å². The average molecular weight is 483 g/mol. The first kappa shape index (κ1) is 29.6. The molecule has 0 saturated carbocycles. The number of alkyl carbamates (subject to hydrolysis) is 1. The van der Waals surface area contributed by atoms with E-state index in [4.69, 9.17) is 38.2 Å². The minimum Gasteiger partial charge on any atom is -0.445 e. The van der Waals surface area contributed by atoms with Gasteiger partial charge in [-0.15, -0.1) is 19.3 Å². The molecule has 35 heavy (non-hydrogen) atoms. The highest BCUT2D eigenvalue weighted by Crippen LogP contribution is 2.11. The van der Waals surface area contributed by atoms with Crippen molar-refractivity contribution >= 4 is 12.0 Å². The maximum atomic E-state index is 12.6. The number of ether oxygens (including phenoxy) is 4. The lowest BCUT2D eigenvalue weighted by molar-refractivity contribution is -0.127. The van der Waals surface area contributed by atoms with Crippen molar-refractivity contribution in [1.82, 2.24) is 10.6 Å². The molecule has 1 aromatic carbocycles. The molecular weight excluding hydrogens is 448 g/mol. The molecule has 0 aliphatic heterocycles. The Morgan fingerprint density at radius 1 is 0.829 bits per heavy atom. The van der Waals surface area contributed by atoms with E-state index in [9.17, 15) is 9.59 Å². The highest BCUT2D eigenvalue weighted by molar-refractivity contribution is 5.76. The smallest absolute Gasteiger partial charge is 0.407 e. The maximum absolute atomic E-state index is 12.6.